The van der Waals surface area contributed by atoms with Crippen LogP contribution in [0.25, 0.3) is 0 Å². The molecular weight excluding hydrogens is 369 g/mol. The molecule has 0 heterocycles. The zero-order valence-corrected chi connectivity index (χ0v) is 15.0. The molecule has 0 spiro atoms. The van der Waals surface area contributed by atoms with Crippen molar-refractivity contribution in [3.63, 3.8) is 0 Å². The molecule has 2 rings (SSSR count). The van der Waals surface area contributed by atoms with Gasteiger partial charge >= 0.3 is 5.97 Å². The lowest BCUT2D eigenvalue weighted by Crippen LogP contribution is -2.33. The van der Waals surface area contributed by atoms with Gasteiger partial charge in [0.2, 0.25) is 5.91 Å². The summed E-state index contributed by atoms with van der Waals surface area (Å²) in [5.74, 6) is -2.95. The SMILES string of the molecule is COC(=O)CNC(=O)c1ccc(NC(=O)CNC(=O)c2ccccc2F)cc1. The molecule has 8 nitrogen and oxygen atoms in total. The van der Waals surface area contributed by atoms with Crippen LogP contribution in [0.15, 0.2) is 48.5 Å². The molecule has 0 aliphatic heterocycles. The number of benzene rings is 2. The summed E-state index contributed by atoms with van der Waals surface area (Å²) in [5, 5.41) is 7.24. The van der Waals surface area contributed by atoms with E-state index in [2.05, 4.69) is 20.7 Å². The molecule has 0 saturated heterocycles. The van der Waals surface area contributed by atoms with Crippen LogP contribution >= 0.6 is 0 Å². The molecule has 28 heavy (non-hydrogen) atoms. The average molecular weight is 387 g/mol. The van der Waals surface area contributed by atoms with Gasteiger partial charge < -0.3 is 20.7 Å². The fourth-order valence-electron chi connectivity index (χ4n) is 2.14. The molecule has 0 aromatic heterocycles. The van der Waals surface area contributed by atoms with Crippen LogP contribution in [0, 0.1) is 5.82 Å². The van der Waals surface area contributed by atoms with Gasteiger partial charge in [0.15, 0.2) is 0 Å². The molecule has 0 saturated carbocycles. The fraction of sp³-hybridized carbons (Fsp3) is 0.158. The number of carbonyl (C=O) groups excluding carboxylic acids is 4. The molecule has 2 aromatic carbocycles. The van der Waals surface area contributed by atoms with Gasteiger partial charge in [0, 0.05) is 11.3 Å². The topological polar surface area (TPSA) is 114 Å². The summed E-state index contributed by atoms with van der Waals surface area (Å²) in [6, 6.07) is 11.3. The van der Waals surface area contributed by atoms with E-state index in [0.29, 0.717) is 5.69 Å². The molecule has 0 aliphatic carbocycles. The number of nitrogens with one attached hydrogen (secondary N) is 3. The normalized spacial score (nSPS) is 9.93. The van der Waals surface area contributed by atoms with Crippen molar-refractivity contribution >= 4 is 29.4 Å². The van der Waals surface area contributed by atoms with Crippen LogP contribution in [0.3, 0.4) is 0 Å². The highest BCUT2D eigenvalue weighted by Gasteiger charge is 2.12. The predicted octanol–water partition coefficient (Wildman–Crippen LogP) is 1.10. The summed E-state index contributed by atoms with van der Waals surface area (Å²) in [6.07, 6.45) is 0. The van der Waals surface area contributed by atoms with Crippen LogP contribution in [0.2, 0.25) is 0 Å². The summed E-state index contributed by atoms with van der Waals surface area (Å²) in [5.41, 5.74) is 0.530. The number of hydrogen-bond acceptors (Lipinski definition) is 5. The average Bonchev–Trinajstić information content (AvgIpc) is 2.70. The van der Waals surface area contributed by atoms with Crippen LogP contribution < -0.4 is 16.0 Å². The summed E-state index contributed by atoms with van der Waals surface area (Å²) in [6.45, 7) is -0.607. The van der Waals surface area contributed by atoms with Gasteiger partial charge in [0.25, 0.3) is 11.8 Å². The molecular formula is C19H18FN3O5. The summed E-state index contributed by atoms with van der Waals surface area (Å²) < 4.78 is 17.9. The van der Waals surface area contributed by atoms with Gasteiger partial charge in [0.05, 0.1) is 19.2 Å². The van der Waals surface area contributed by atoms with Crippen LogP contribution in [0.5, 0.6) is 0 Å². The van der Waals surface area contributed by atoms with E-state index in [1.165, 1.54) is 49.6 Å². The Morgan fingerprint density at radius 1 is 0.893 bits per heavy atom. The maximum Gasteiger partial charge on any atom is 0.325 e. The minimum atomic E-state index is -0.703. The highest BCUT2D eigenvalue weighted by molar-refractivity contribution is 6.00. The van der Waals surface area contributed by atoms with E-state index in [1.54, 1.807) is 0 Å². The molecule has 3 N–H and O–H groups in total. The van der Waals surface area contributed by atoms with Gasteiger partial charge in [-0.05, 0) is 36.4 Å². The Bertz CT molecular complexity index is 883. The number of esters is 1. The number of methoxy groups -OCH3 is 1. The molecule has 0 fully saturated rings. The number of carbonyl (C=O) groups is 4. The standard InChI is InChI=1S/C19H18FN3O5/c1-28-17(25)11-22-18(26)12-6-8-13(9-7-12)23-16(24)10-21-19(27)14-4-2-3-5-15(14)20/h2-9H,10-11H2,1H3,(H,21,27)(H,22,26)(H,23,24). The number of amides is 3. The van der Waals surface area contributed by atoms with Crippen molar-refractivity contribution in [2.24, 2.45) is 0 Å². The van der Waals surface area contributed by atoms with Crippen LogP contribution in [-0.2, 0) is 14.3 Å². The second kappa shape index (κ2) is 9.81. The summed E-state index contributed by atoms with van der Waals surface area (Å²) in [7, 11) is 1.21. The predicted molar refractivity (Wildman–Crippen MR) is 98.2 cm³/mol. The van der Waals surface area contributed by atoms with E-state index in [-0.39, 0.29) is 24.2 Å². The van der Waals surface area contributed by atoms with Crippen molar-refractivity contribution < 1.29 is 28.3 Å². The van der Waals surface area contributed by atoms with E-state index in [1.807, 2.05) is 0 Å². The quantitative estimate of drug-likeness (QED) is 0.616. The first kappa shape index (κ1) is 20.6. The third-order valence-electron chi connectivity index (χ3n) is 3.58. The van der Waals surface area contributed by atoms with Gasteiger partial charge in [-0.2, -0.15) is 0 Å². The molecule has 0 radical (unpaired) electrons. The number of anilines is 1. The zero-order valence-electron chi connectivity index (χ0n) is 15.0. The molecule has 0 atom stereocenters. The lowest BCUT2D eigenvalue weighted by molar-refractivity contribution is -0.139. The largest absolute Gasteiger partial charge is 0.468 e. The van der Waals surface area contributed by atoms with Crippen molar-refractivity contribution in [1.29, 1.82) is 0 Å². The fourth-order valence-corrected chi connectivity index (χ4v) is 2.14. The smallest absolute Gasteiger partial charge is 0.325 e. The van der Waals surface area contributed by atoms with E-state index in [9.17, 15) is 23.6 Å². The third kappa shape index (κ3) is 5.90. The van der Waals surface area contributed by atoms with Gasteiger partial charge in [-0.1, -0.05) is 12.1 Å². The highest BCUT2D eigenvalue weighted by atomic mass is 19.1. The van der Waals surface area contributed by atoms with Crippen LogP contribution in [0.4, 0.5) is 10.1 Å². The third-order valence-corrected chi connectivity index (χ3v) is 3.58. The second-order valence-electron chi connectivity index (χ2n) is 5.55. The number of ether oxygens (including phenoxy) is 1. The zero-order chi connectivity index (χ0) is 20.5. The first-order valence-electron chi connectivity index (χ1n) is 8.18. The highest BCUT2D eigenvalue weighted by Crippen LogP contribution is 2.10. The van der Waals surface area contributed by atoms with Gasteiger partial charge in [0.1, 0.15) is 12.4 Å². The van der Waals surface area contributed by atoms with Crippen molar-refractivity contribution in [1.82, 2.24) is 10.6 Å². The van der Waals surface area contributed by atoms with E-state index < -0.39 is 29.5 Å². The Morgan fingerprint density at radius 3 is 2.18 bits per heavy atom. The number of rotatable bonds is 7. The summed E-state index contributed by atoms with van der Waals surface area (Å²) >= 11 is 0. The molecule has 0 aliphatic rings. The lowest BCUT2D eigenvalue weighted by Gasteiger charge is -2.08. The van der Waals surface area contributed by atoms with Crippen LogP contribution in [-0.4, -0.2) is 43.9 Å². The first-order valence-corrected chi connectivity index (χ1v) is 8.18. The molecule has 9 heteroatoms. The van der Waals surface area contributed by atoms with E-state index in [4.69, 9.17) is 0 Å². The first-order chi connectivity index (χ1) is 13.4. The maximum atomic E-state index is 13.5. The minimum Gasteiger partial charge on any atom is -0.468 e. The molecule has 2 aromatic rings. The van der Waals surface area contributed by atoms with Gasteiger partial charge in [-0.25, -0.2) is 4.39 Å². The Hall–Kier alpha value is -3.75. The van der Waals surface area contributed by atoms with Crippen molar-refractivity contribution in [3.8, 4) is 0 Å². The number of hydrogen-bond donors (Lipinski definition) is 3. The molecule has 3 amide bonds. The second-order valence-corrected chi connectivity index (χ2v) is 5.55. The van der Waals surface area contributed by atoms with E-state index in [0.717, 1.165) is 6.07 Å². The monoisotopic (exact) mass is 387 g/mol. The van der Waals surface area contributed by atoms with Crippen molar-refractivity contribution in [3.05, 3.63) is 65.5 Å². The Kier molecular flexibility index (Phi) is 7.21. The summed E-state index contributed by atoms with van der Waals surface area (Å²) in [4.78, 5) is 46.6. The molecule has 0 unspecified atom stereocenters. The molecule has 146 valence electrons. The Morgan fingerprint density at radius 2 is 1.54 bits per heavy atom. The number of halogens is 1. The van der Waals surface area contributed by atoms with E-state index >= 15 is 0 Å². The van der Waals surface area contributed by atoms with Crippen molar-refractivity contribution in [2.45, 2.75) is 0 Å². The maximum absolute atomic E-state index is 13.5. The Balaban J connectivity index is 1.84. The van der Waals surface area contributed by atoms with Crippen molar-refractivity contribution in [2.75, 3.05) is 25.5 Å². The van der Waals surface area contributed by atoms with Gasteiger partial charge in [-0.3, -0.25) is 19.2 Å². The molecule has 0 bridgehead atoms. The Labute approximate surface area is 160 Å². The van der Waals surface area contributed by atoms with Gasteiger partial charge in [-0.15, -0.1) is 0 Å². The van der Waals surface area contributed by atoms with Crippen LogP contribution in [0.1, 0.15) is 20.7 Å². The minimum absolute atomic E-state index is 0.155. The lowest BCUT2D eigenvalue weighted by atomic mass is 10.2.